The fourth-order valence-corrected chi connectivity index (χ4v) is 3.48. The van der Waals surface area contributed by atoms with Crippen LogP contribution in [0.4, 0.5) is 0 Å². The van der Waals surface area contributed by atoms with Crippen molar-refractivity contribution in [1.29, 1.82) is 0 Å². The molecular weight excluding hydrogens is 256 g/mol. The molecule has 0 aliphatic rings. The van der Waals surface area contributed by atoms with Gasteiger partial charge in [-0.25, -0.2) is 4.98 Å². The first-order chi connectivity index (χ1) is 9.05. The Hall–Kier alpha value is -1.20. The monoisotopic (exact) mass is 278 g/mol. The predicted octanol–water partition coefficient (Wildman–Crippen LogP) is 2.79. The van der Waals surface area contributed by atoms with Crippen molar-refractivity contribution in [1.82, 2.24) is 20.1 Å². The van der Waals surface area contributed by atoms with Gasteiger partial charge < -0.3 is 5.32 Å². The third-order valence-corrected chi connectivity index (χ3v) is 4.49. The Labute approximate surface area is 118 Å². The Morgan fingerprint density at radius 1 is 1.37 bits per heavy atom. The molecule has 1 unspecified atom stereocenters. The Kier molecular flexibility index (Phi) is 4.37. The summed E-state index contributed by atoms with van der Waals surface area (Å²) in [6, 6.07) is 2.49. The van der Waals surface area contributed by atoms with Gasteiger partial charge >= 0.3 is 0 Å². The molecule has 1 atom stereocenters. The summed E-state index contributed by atoms with van der Waals surface area (Å²) in [5.74, 6) is 0. The van der Waals surface area contributed by atoms with E-state index in [1.807, 2.05) is 14.0 Å². The van der Waals surface area contributed by atoms with Gasteiger partial charge in [0, 0.05) is 29.6 Å². The molecule has 0 aliphatic heterocycles. The van der Waals surface area contributed by atoms with Crippen LogP contribution in [0.2, 0.25) is 0 Å². The summed E-state index contributed by atoms with van der Waals surface area (Å²) < 4.78 is 2.09. The Morgan fingerprint density at radius 3 is 2.63 bits per heavy atom. The summed E-state index contributed by atoms with van der Waals surface area (Å²) in [7, 11) is 2.01. The van der Waals surface area contributed by atoms with Crippen LogP contribution in [-0.2, 0) is 13.0 Å². The minimum absolute atomic E-state index is 0.313. The van der Waals surface area contributed by atoms with E-state index in [0.717, 1.165) is 29.4 Å². The minimum Gasteiger partial charge on any atom is -0.312 e. The van der Waals surface area contributed by atoms with Crippen molar-refractivity contribution in [3.63, 3.8) is 0 Å². The van der Waals surface area contributed by atoms with E-state index in [4.69, 9.17) is 0 Å². The number of nitrogens with zero attached hydrogens (tertiary/aromatic N) is 3. The van der Waals surface area contributed by atoms with Crippen molar-refractivity contribution in [3.05, 3.63) is 33.0 Å². The lowest BCUT2D eigenvalue weighted by atomic mass is 10.1. The second kappa shape index (κ2) is 5.84. The zero-order valence-corrected chi connectivity index (χ0v) is 13.1. The number of aryl methyl sites for hydroxylation is 4. The van der Waals surface area contributed by atoms with Crippen LogP contribution in [0.1, 0.15) is 39.9 Å². The highest BCUT2D eigenvalue weighted by Gasteiger charge is 2.18. The first-order valence-electron chi connectivity index (χ1n) is 6.69. The molecule has 0 radical (unpaired) electrons. The van der Waals surface area contributed by atoms with E-state index in [1.54, 1.807) is 11.3 Å². The molecule has 2 aromatic heterocycles. The van der Waals surface area contributed by atoms with Gasteiger partial charge in [-0.15, -0.1) is 11.3 Å². The molecule has 4 nitrogen and oxygen atoms in total. The van der Waals surface area contributed by atoms with Gasteiger partial charge in [-0.05, 0) is 40.8 Å². The van der Waals surface area contributed by atoms with Crippen molar-refractivity contribution >= 4 is 11.3 Å². The molecular formula is C14H22N4S. The standard InChI is InChI=1S/C14H22N4S/c1-6-18-12(7-9(2)17-18)8-13(15-5)14-10(3)16-11(4)19-14/h7,13,15H,6,8H2,1-5H3. The van der Waals surface area contributed by atoms with Crippen molar-refractivity contribution < 1.29 is 0 Å². The Balaban J connectivity index is 2.26. The lowest BCUT2D eigenvalue weighted by Crippen LogP contribution is -2.20. The summed E-state index contributed by atoms with van der Waals surface area (Å²) >= 11 is 1.78. The van der Waals surface area contributed by atoms with Crippen LogP contribution in [0.5, 0.6) is 0 Å². The predicted molar refractivity (Wildman–Crippen MR) is 79.7 cm³/mol. The van der Waals surface area contributed by atoms with Gasteiger partial charge in [-0.2, -0.15) is 5.10 Å². The molecule has 0 spiro atoms. The quantitative estimate of drug-likeness (QED) is 0.914. The lowest BCUT2D eigenvalue weighted by molar-refractivity contribution is 0.544. The maximum Gasteiger partial charge on any atom is 0.0900 e. The van der Waals surface area contributed by atoms with E-state index in [9.17, 15) is 0 Å². The Morgan fingerprint density at radius 2 is 2.11 bits per heavy atom. The van der Waals surface area contributed by atoms with Gasteiger partial charge in [0.15, 0.2) is 0 Å². The van der Waals surface area contributed by atoms with E-state index < -0.39 is 0 Å². The van der Waals surface area contributed by atoms with Crippen molar-refractivity contribution in [2.45, 2.75) is 46.7 Å². The maximum absolute atomic E-state index is 4.53. The Bertz CT molecular complexity index is 556. The topological polar surface area (TPSA) is 42.7 Å². The third-order valence-electron chi connectivity index (χ3n) is 3.30. The zero-order valence-electron chi connectivity index (χ0n) is 12.3. The van der Waals surface area contributed by atoms with Gasteiger partial charge in [-0.1, -0.05) is 0 Å². The van der Waals surface area contributed by atoms with Crippen LogP contribution in [0.3, 0.4) is 0 Å². The fraction of sp³-hybridized carbons (Fsp3) is 0.571. The van der Waals surface area contributed by atoms with E-state index in [2.05, 4.69) is 46.9 Å². The largest absolute Gasteiger partial charge is 0.312 e. The molecule has 104 valence electrons. The van der Waals surface area contributed by atoms with Crippen LogP contribution in [-0.4, -0.2) is 21.8 Å². The highest BCUT2D eigenvalue weighted by Crippen LogP contribution is 2.27. The molecule has 1 N–H and O–H groups in total. The van der Waals surface area contributed by atoms with Crippen molar-refractivity contribution in [2.75, 3.05) is 7.05 Å². The van der Waals surface area contributed by atoms with Crippen LogP contribution in [0.25, 0.3) is 0 Å². The van der Waals surface area contributed by atoms with Crippen LogP contribution in [0.15, 0.2) is 6.07 Å². The molecule has 0 bridgehead atoms. The van der Waals surface area contributed by atoms with Gasteiger partial charge in [0.25, 0.3) is 0 Å². The highest BCUT2D eigenvalue weighted by atomic mass is 32.1. The number of nitrogens with one attached hydrogen (secondary N) is 1. The molecule has 0 fully saturated rings. The van der Waals surface area contributed by atoms with Gasteiger partial charge in [0.05, 0.1) is 16.4 Å². The zero-order chi connectivity index (χ0) is 14.0. The summed E-state index contributed by atoms with van der Waals surface area (Å²) in [4.78, 5) is 5.86. The summed E-state index contributed by atoms with van der Waals surface area (Å²) in [5.41, 5.74) is 3.51. The van der Waals surface area contributed by atoms with Crippen molar-refractivity contribution in [3.8, 4) is 0 Å². The van der Waals surface area contributed by atoms with Gasteiger partial charge in [0.2, 0.25) is 0 Å². The molecule has 0 aromatic carbocycles. The summed E-state index contributed by atoms with van der Waals surface area (Å²) in [6.45, 7) is 9.25. The van der Waals surface area contributed by atoms with Gasteiger partial charge in [-0.3, -0.25) is 4.68 Å². The summed E-state index contributed by atoms with van der Waals surface area (Å²) in [5, 5.41) is 9.06. The first kappa shape index (κ1) is 14.2. The van der Waals surface area contributed by atoms with E-state index >= 15 is 0 Å². The lowest BCUT2D eigenvalue weighted by Gasteiger charge is -2.15. The molecule has 0 aliphatic carbocycles. The molecule has 2 heterocycles. The molecule has 0 saturated carbocycles. The van der Waals surface area contributed by atoms with E-state index in [0.29, 0.717) is 6.04 Å². The number of rotatable bonds is 5. The number of hydrogen-bond donors (Lipinski definition) is 1. The number of thiazole rings is 1. The second-order valence-corrected chi connectivity index (χ2v) is 6.06. The molecule has 5 heteroatoms. The van der Waals surface area contributed by atoms with Crippen LogP contribution >= 0.6 is 11.3 Å². The minimum atomic E-state index is 0.313. The van der Waals surface area contributed by atoms with E-state index in [1.165, 1.54) is 10.6 Å². The third kappa shape index (κ3) is 3.04. The molecule has 2 aromatic rings. The number of hydrogen-bond acceptors (Lipinski definition) is 4. The first-order valence-corrected chi connectivity index (χ1v) is 7.51. The van der Waals surface area contributed by atoms with Crippen molar-refractivity contribution in [2.24, 2.45) is 0 Å². The fourth-order valence-electron chi connectivity index (χ4n) is 2.44. The normalized spacial score (nSPS) is 12.9. The average Bonchev–Trinajstić information content (AvgIpc) is 2.88. The maximum atomic E-state index is 4.53. The molecule has 0 amide bonds. The van der Waals surface area contributed by atoms with Gasteiger partial charge in [0.1, 0.15) is 0 Å². The number of aromatic nitrogens is 3. The molecule has 19 heavy (non-hydrogen) atoms. The molecule has 2 rings (SSSR count). The number of likely N-dealkylation sites (N-methyl/N-ethyl adjacent to an activating group) is 1. The average molecular weight is 278 g/mol. The van der Waals surface area contributed by atoms with E-state index in [-0.39, 0.29) is 0 Å². The van der Waals surface area contributed by atoms with Crippen LogP contribution < -0.4 is 5.32 Å². The smallest absolute Gasteiger partial charge is 0.0900 e. The van der Waals surface area contributed by atoms with Crippen LogP contribution in [0, 0.1) is 20.8 Å². The highest BCUT2D eigenvalue weighted by molar-refractivity contribution is 7.11. The summed E-state index contributed by atoms with van der Waals surface area (Å²) in [6.07, 6.45) is 0.952. The molecule has 0 saturated heterocycles. The second-order valence-electron chi connectivity index (χ2n) is 4.82. The SMILES string of the molecule is CCn1nc(C)cc1CC(NC)c1sc(C)nc1C.